The Labute approximate surface area is 117 Å². The van der Waals surface area contributed by atoms with Gasteiger partial charge >= 0.3 is 5.69 Å². The van der Waals surface area contributed by atoms with Crippen molar-refractivity contribution in [2.24, 2.45) is 0 Å². The van der Waals surface area contributed by atoms with Crippen LogP contribution in [-0.2, 0) is 0 Å². The van der Waals surface area contributed by atoms with Crippen LogP contribution in [0.1, 0.15) is 12.8 Å². The zero-order valence-corrected chi connectivity index (χ0v) is 11.9. The fourth-order valence-corrected chi connectivity index (χ4v) is 2.77. The third-order valence-corrected chi connectivity index (χ3v) is 3.92. The van der Waals surface area contributed by atoms with Crippen LogP contribution in [0.3, 0.4) is 0 Å². The highest BCUT2D eigenvalue weighted by molar-refractivity contribution is 6.33. The first-order chi connectivity index (χ1) is 9.00. The minimum atomic E-state index is -0.392. The van der Waals surface area contributed by atoms with Gasteiger partial charge in [0.2, 0.25) is 0 Å². The van der Waals surface area contributed by atoms with Gasteiger partial charge in [-0.1, -0.05) is 17.7 Å². The summed E-state index contributed by atoms with van der Waals surface area (Å²) in [6.45, 7) is 1.64. The molecule has 2 rings (SSSR count). The van der Waals surface area contributed by atoms with Crippen molar-refractivity contribution in [3.05, 3.63) is 33.3 Å². The Bertz CT molecular complexity index is 479. The Kier molecular flexibility index (Phi) is 4.27. The number of hydrogen-bond acceptors (Lipinski definition) is 4. The smallest absolute Gasteiger partial charge is 0.310 e. The lowest BCUT2D eigenvalue weighted by Crippen LogP contribution is -2.45. The Morgan fingerprint density at radius 3 is 2.84 bits per heavy atom. The van der Waals surface area contributed by atoms with E-state index in [1.165, 1.54) is 0 Å². The molecule has 1 aromatic carbocycles. The molecular formula is C13H18ClN3O2. The van der Waals surface area contributed by atoms with Gasteiger partial charge in [-0.2, -0.15) is 0 Å². The topological polar surface area (TPSA) is 49.6 Å². The molecule has 1 atom stereocenters. The van der Waals surface area contributed by atoms with Gasteiger partial charge < -0.3 is 9.80 Å². The molecule has 1 heterocycles. The van der Waals surface area contributed by atoms with E-state index in [-0.39, 0.29) is 10.7 Å². The minimum Gasteiger partial charge on any atom is -0.364 e. The maximum Gasteiger partial charge on any atom is 0.310 e. The van der Waals surface area contributed by atoms with Crippen molar-refractivity contribution in [3.8, 4) is 0 Å². The lowest BCUT2D eigenvalue weighted by Gasteiger charge is -2.37. The van der Waals surface area contributed by atoms with Gasteiger partial charge in [-0.05, 0) is 39.1 Å². The highest BCUT2D eigenvalue weighted by atomic mass is 35.5. The normalized spacial score (nSPS) is 19.8. The number of benzene rings is 1. The summed E-state index contributed by atoms with van der Waals surface area (Å²) in [4.78, 5) is 15.0. The van der Waals surface area contributed by atoms with E-state index in [1.54, 1.807) is 18.2 Å². The average Bonchev–Trinajstić information content (AvgIpc) is 2.38. The molecule has 5 nitrogen and oxygen atoms in total. The molecule has 0 aliphatic carbocycles. The summed E-state index contributed by atoms with van der Waals surface area (Å²) < 4.78 is 0. The van der Waals surface area contributed by atoms with E-state index in [9.17, 15) is 10.1 Å². The zero-order valence-electron chi connectivity index (χ0n) is 11.2. The minimum absolute atomic E-state index is 0.0172. The van der Waals surface area contributed by atoms with Crippen molar-refractivity contribution in [1.82, 2.24) is 4.90 Å². The summed E-state index contributed by atoms with van der Waals surface area (Å²) in [6.07, 6.45) is 2.16. The summed E-state index contributed by atoms with van der Waals surface area (Å²) in [5, 5.41) is 11.4. The third-order valence-electron chi connectivity index (χ3n) is 3.62. The standard InChI is InChI=1S/C13H18ClN3O2/c1-15(2)10-5-4-8-16(9-10)12-7-3-6-11(14)13(12)17(18)19/h3,6-7,10H,4-5,8-9H2,1-2H3. The van der Waals surface area contributed by atoms with Gasteiger partial charge in [-0.15, -0.1) is 0 Å². The van der Waals surface area contributed by atoms with Gasteiger partial charge in [-0.3, -0.25) is 10.1 Å². The molecule has 6 heteroatoms. The molecule has 0 saturated carbocycles. The molecule has 1 saturated heterocycles. The largest absolute Gasteiger partial charge is 0.364 e. The van der Waals surface area contributed by atoms with Crippen LogP contribution in [0.2, 0.25) is 5.02 Å². The number of likely N-dealkylation sites (N-methyl/N-ethyl adjacent to an activating group) is 1. The Hall–Kier alpha value is -1.33. The first kappa shape index (κ1) is 14.1. The molecule has 1 unspecified atom stereocenters. The summed E-state index contributed by atoms with van der Waals surface area (Å²) in [5.74, 6) is 0. The summed E-state index contributed by atoms with van der Waals surface area (Å²) in [6, 6.07) is 5.54. The van der Waals surface area contributed by atoms with E-state index < -0.39 is 4.92 Å². The molecule has 0 amide bonds. The van der Waals surface area contributed by atoms with Crippen LogP contribution in [-0.4, -0.2) is 43.0 Å². The highest BCUT2D eigenvalue weighted by Gasteiger charge is 2.27. The molecule has 0 spiro atoms. The average molecular weight is 284 g/mol. The number of para-hydroxylation sites is 1. The molecule has 0 radical (unpaired) electrons. The van der Waals surface area contributed by atoms with E-state index in [4.69, 9.17) is 11.6 Å². The van der Waals surface area contributed by atoms with Crippen LogP contribution < -0.4 is 4.90 Å². The third kappa shape index (κ3) is 2.98. The second kappa shape index (κ2) is 5.75. The van der Waals surface area contributed by atoms with Crippen LogP contribution in [0.4, 0.5) is 11.4 Å². The molecule has 104 valence electrons. The molecule has 0 aromatic heterocycles. The maximum atomic E-state index is 11.2. The van der Waals surface area contributed by atoms with Crippen LogP contribution in [0.25, 0.3) is 0 Å². The Morgan fingerprint density at radius 2 is 2.21 bits per heavy atom. The monoisotopic (exact) mass is 283 g/mol. The van der Waals surface area contributed by atoms with Crippen LogP contribution in [0.5, 0.6) is 0 Å². The maximum absolute atomic E-state index is 11.2. The van der Waals surface area contributed by atoms with E-state index in [2.05, 4.69) is 9.80 Å². The zero-order chi connectivity index (χ0) is 14.0. The number of piperidine rings is 1. The number of hydrogen-bond donors (Lipinski definition) is 0. The second-order valence-corrected chi connectivity index (χ2v) is 5.48. The SMILES string of the molecule is CN(C)C1CCCN(c2cccc(Cl)c2[N+](=O)[O-])C1. The van der Waals surface area contributed by atoms with Gasteiger partial charge in [0.1, 0.15) is 10.7 Å². The fraction of sp³-hybridized carbons (Fsp3) is 0.538. The molecule has 1 fully saturated rings. The van der Waals surface area contributed by atoms with E-state index >= 15 is 0 Å². The molecule has 19 heavy (non-hydrogen) atoms. The van der Waals surface area contributed by atoms with E-state index in [0.29, 0.717) is 11.7 Å². The molecule has 0 N–H and O–H groups in total. The van der Waals surface area contributed by atoms with Crippen molar-refractivity contribution < 1.29 is 4.92 Å². The van der Waals surface area contributed by atoms with Crippen LogP contribution in [0, 0.1) is 10.1 Å². The number of rotatable bonds is 3. The number of halogens is 1. The fourth-order valence-electron chi connectivity index (χ4n) is 2.53. The lowest BCUT2D eigenvalue weighted by molar-refractivity contribution is -0.384. The predicted molar refractivity (Wildman–Crippen MR) is 77.0 cm³/mol. The summed E-state index contributed by atoms with van der Waals surface area (Å²) in [5.41, 5.74) is 0.646. The number of nitrogens with zero attached hydrogens (tertiary/aromatic N) is 3. The van der Waals surface area contributed by atoms with Gasteiger partial charge in [0.15, 0.2) is 0 Å². The van der Waals surface area contributed by atoms with Crippen molar-refractivity contribution in [1.29, 1.82) is 0 Å². The van der Waals surface area contributed by atoms with Crippen molar-refractivity contribution in [2.75, 3.05) is 32.1 Å². The molecular weight excluding hydrogens is 266 g/mol. The van der Waals surface area contributed by atoms with Crippen molar-refractivity contribution in [3.63, 3.8) is 0 Å². The molecule has 1 aliphatic heterocycles. The number of nitro groups is 1. The second-order valence-electron chi connectivity index (χ2n) is 5.07. The number of anilines is 1. The quantitative estimate of drug-likeness (QED) is 0.632. The van der Waals surface area contributed by atoms with Crippen molar-refractivity contribution >= 4 is 23.0 Å². The molecule has 1 aliphatic rings. The Balaban J connectivity index is 2.31. The molecule has 1 aromatic rings. The van der Waals surface area contributed by atoms with Gasteiger partial charge in [-0.25, -0.2) is 0 Å². The van der Waals surface area contributed by atoms with Crippen molar-refractivity contribution in [2.45, 2.75) is 18.9 Å². The lowest BCUT2D eigenvalue weighted by atomic mass is 10.0. The highest BCUT2D eigenvalue weighted by Crippen LogP contribution is 2.36. The number of nitro benzene ring substituents is 1. The van der Waals surface area contributed by atoms with Gasteiger partial charge in [0.25, 0.3) is 0 Å². The molecule has 0 bridgehead atoms. The summed E-state index contributed by atoms with van der Waals surface area (Å²) in [7, 11) is 4.08. The summed E-state index contributed by atoms with van der Waals surface area (Å²) >= 11 is 5.96. The van der Waals surface area contributed by atoms with Gasteiger partial charge in [0, 0.05) is 19.1 Å². The van der Waals surface area contributed by atoms with E-state index in [1.807, 2.05) is 14.1 Å². The predicted octanol–water partition coefficient (Wildman–Crippen LogP) is 2.78. The van der Waals surface area contributed by atoms with Gasteiger partial charge in [0.05, 0.1) is 4.92 Å². The first-order valence-corrected chi connectivity index (χ1v) is 6.72. The van der Waals surface area contributed by atoms with E-state index in [0.717, 1.165) is 25.9 Å². The first-order valence-electron chi connectivity index (χ1n) is 6.35. The van der Waals surface area contributed by atoms with Crippen LogP contribution >= 0.6 is 11.6 Å². The van der Waals surface area contributed by atoms with Crippen LogP contribution in [0.15, 0.2) is 18.2 Å². The Morgan fingerprint density at radius 1 is 1.47 bits per heavy atom.